The molecule has 1 N–H and O–H groups in total. The Balaban J connectivity index is 1.89. The normalized spacial score (nSPS) is 12.7. The third kappa shape index (κ3) is 2.84. The Kier molecular flexibility index (Phi) is 3.99. The number of hydrogen-bond acceptors (Lipinski definition) is 5. The number of benzene rings is 1. The first-order valence-electron chi connectivity index (χ1n) is 6.70. The molecule has 0 fully saturated rings. The maximum atomic E-state index is 4.74. The average molecular weight is 284 g/mol. The van der Waals surface area contributed by atoms with Crippen LogP contribution in [-0.2, 0) is 6.42 Å². The Morgan fingerprint density at radius 3 is 2.90 bits per heavy atom. The van der Waals surface area contributed by atoms with Gasteiger partial charge in [-0.1, -0.05) is 19.1 Å². The molecule has 0 aliphatic carbocycles. The van der Waals surface area contributed by atoms with Crippen molar-refractivity contribution >= 4 is 21.6 Å². The molecule has 102 valence electrons. The van der Waals surface area contributed by atoms with E-state index in [1.54, 1.807) is 23.9 Å². The molecular formula is C15H16N4S. The molecule has 0 spiro atoms. The molecule has 0 aliphatic rings. The van der Waals surface area contributed by atoms with E-state index in [0.717, 1.165) is 29.2 Å². The van der Waals surface area contributed by atoms with Crippen molar-refractivity contribution in [2.45, 2.75) is 19.4 Å². The zero-order valence-electron chi connectivity index (χ0n) is 11.3. The molecule has 3 aromatic rings. The summed E-state index contributed by atoms with van der Waals surface area (Å²) in [6.07, 6.45) is 4.20. The van der Waals surface area contributed by atoms with Gasteiger partial charge in [-0.3, -0.25) is 0 Å². The predicted molar refractivity (Wildman–Crippen MR) is 81.8 cm³/mol. The van der Waals surface area contributed by atoms with Crippen LogP contribution >= 0.6 is 11.3 Å². The van der Waals surface area contributed by atoms with Crippen molar-refractivity contribution in [2.75, 3.05) is 6.54 Å². The minimum atomic E-state index is 0.201. The fourth-order valence-corrected chi connectivity index (χ4v) is 3.22. The molecule has 1 unspecified atom stereocenters. The predicted octanol–water partition coefficient (Wildman–Crippen LogP) is 2.98. The van der Waals surface area contributed by atoms with E-state index in [0.29, 0.717) is 0 Å². The minimum absolute atomic E-state index is 0.201. The number of aromatic nitrogens is 3. The number of nitrogens with zero attached hydrogens (tertiary/aromatic N) is 3. The molecule has 0 saturated heterocycles. The second-order valence-corrected chi connectivity index (χ2v) is 5.60. The van der Waals surface area contributed by atoms with Crippen LogP contribution < -0.4 is 5.32 Å². The van der Waals surface area contributed by atoms with Crippen molar-refractivity contribution in [2.24, 2.45) is 0 Å². The summed E-state index contributed by atoms with van der Waals surface area (Å²) >= 11 is 1.75. The molecule has 0 radical (unpaired) electrons. The summed E-state index contributed by atoms with van der Waals surface area (Å²) in [5.74, 6) is 0. The van der Waals surface area contributed by atoms with Crippen molar-refractivity contribution < 1.29 is 0 Å². The highest BCUT2D eigenvalue weighted by molar-refractivity contribution is 7.18. The molecule has 4 nitrogen and oxygen atoms in total. The molecule has 5 heteroatoms. The van der Waals surface area contributed by atoms with Crippen LogP contribution in [-0.4, -0.2) is 21.5 Å². The molecule has 20 heavy (non-hydrogen) atoms. The van der Waals surface area contributed by atoms with Crippen LogP contribution in [0.4, 0.5) is 0 Å². The van der Waals surface area contributed by atoms with Crippen molar-refractivity contribution in [3.05, 3.63) is 53.6 Å². The van der Waals surface area contributed by atoms with Crippen LogP contribution in [0.1, 0.15) is 23.7 Å². The summed E-state index contributed by atoms with van der Waals surface area (Å²) in [6, 6.07) is 10.4. The Morgan fingerprint density at radius 2 is 2.15 bits per heavy atom. The van der Waals surface area contributed by atoms with E-state index in [-0.39, 0.29) is 6.04 Å². The first-order chi connectivity index (χ1) is 9.86. The van der Waals surface area contributed by atoms with Crippen LogP contribution in [0.5, 0.6) is 0 Å². The quantitative estimate of drug-likeness (QED) is 0.782. The van der Waals surface area contributed by atoms with E-state index in [4.69, 9.17) is 4.98 Å². The number of hydrogen-bond donors (Lipinski definition) is 1. The maximum absolute atomic E-state index is 4.74. The molecular weight excluding hydrogens is 268 g/mol. The number of rotatable bonds is 5. The Bertz CT molecular complexity index is 647. The average Bonchev–Trinajstić information content (AvgIpc) is 2.92. The van der Waals surface area contributed by atoms with Gasteiger partial charge in [-0.05, 0) is 24.7 Å². The van der Waals surface area contributed by atoms with Gasteiger partial charge in [-0.25, -0.2) is 15.0 Å². The third-order valence-electron chi connectivity index (χ3n) is 3.12. The van der Waals surface area contributed by atoms with Crippen molar-refractivity contribution in [1.29, 1.82) is 0 Å². The van der Waals surface area contributed by atoms with Crippen LogP contribution in [0.3, 0.4) is 0 Å². The van der Waals surface area contributed by atoms with Crippen LogP contribution in [0.15, 0.2) is 42.9 Å². The molecule has 0 bridgehead atoms. The SMILES string of the molecule is CCNC(Cc1ccncn1)c1nc2ccccc2s1. The highest BCUT2D eigenvalue weighted by Crippen LogP contribution is 2.27. The summed E-state index contributed by atoms with van der Waals surface area (Å²) in [7, 11) is 0. The zero-order valence-corrected chi connectivity index (χ0v) is 12.1. The maximum Gasteiger partial charge on any atom is 0.115 e. The Hall–Kier alpha value is -1.85. The number of nitrogens with one attached hydrogen (secondary N) is 1. The van der Waals surface area contributed by atoms with Gasteiger partial charge in [-0.2, -0.15) is 0 Å². The van der Waals surface area contributed by atoms with Gasteiger partial charge < -0.3 is 5.32 Å². The van der Waals surface area contributed by atoms with Gasteiger partial charge in [0.05, 0.1) is 16.3 Å². The van der Waals surface area contributed by atoms with Crippen molar-refractivity contribution in [1.82, 2.24) is 20.3 Å². The summed E-state index contributed by atoms with van der Waals surface area (Å²) in [6.45, 7) is 3.02. The number of fused-ring (bicyclic) bond motifs is 1. The molecule has 2 heterocycles. The monoisotopic (exact) mass is 284 g/mol. The van der Waals surface area contributed by atoms with Gasteiger partial charge in [0.2, 0.25) is 0 Å². The molecule has 1 aromatic carbocycles. The minimum Gasteiger partial charge on any atom is -0.308 e. The number of para-hydroxylation sites is 1. The first-order valence-corrected chi connectivity index (χ1v) is 7.52. The summed E-state index contributed by atoms with van der Waals surface area (Å²) in [5.41, 5.74) is 2.10. The van der Waals surface area contributed by atoms with Gasteiger partial charge >= 0.3 is 0 Å². The third-order valence-corrected chi connectivity index (χ3v) is 4.27. The molecule has 3 rings (SSSR count). The van der Waals surface area contributed by atoms with E-state index >= 15 is 0 Å². The van der Waals surface area contributed by atoms with E-state index in [1.807, 2.05) is 12.1 Å². The largest absolute Gasteiger partial charge is 0.308 e. The van der Waals surface area contributed by atoms with Crippen molar-refractivity contribution in [3.63, 3.8) is 0 Å². The standard InChI is InChI=1S/C15H16N4S/c1-2-17-13(9-11-7-8-16-10-18-11)15-19-12-5-3-4-6-14(12)20-15/h3-8,10,13,17H,2,9H2,1H3. The lowest BCUT2D eigenvalue weighted by Gasteiger charge is -2.14. The summed E-state index contributed by atoms with van der Waals surface area (Å²) < 4.78 is 1.23. The molecule has 2 aromatic heterocycles. The second-order valence-electron chi connectivity index (χ2n) is 4.53. The lowest BCUT2D eigenvalue weighted by atomic mass is 10.1. The zero-order chi connectivity index (χ0) is 13.8. The molecule has 1 atom stereocenters. The van der Waals surface area contributed by atoms with E-state index in [1.165, 1.54) is 4.70 Å². The lowest BCUT2D eigenvalue weighted by Crippen LogP contribution is -2.23. The topological polar surface area (TPSA) is 50.7 Å². The number of likely N-dealkylation sites (N-methyl/N-ethyl adjacent to an activating group) is 1. The van der Waals surface area contributed by atoms with Gasteiger partial charge in [-0.15, -0.1) is 11.3 Å². The fraction of sp³-hybridized carbons (Fsp3) is 0.267. The van der Waals surface area contributed by atoms with Gasteiger partial charge in [0.15, 0.2) is 0 Å². The second kappa shape index (κ2) is 6.07. The highest BCUT2D eigenvalue weighted by Gasteiger charge is 2.16. The van der Waals surface area contributed by atoms with Gasteiger partial charge in [0.1, 0.15) is 11.3 Å². The van der Waals surface area contributed by atoms with Gasteiger partial charge in [0, 0.05) is 18.3 Å². The Labute approximate surface area is 121 Å². The van der Waals surface area contributed by atoms with Crippen LogP contribution in [0.25, 0.3) is 10.2 Å². The Morgan fingerprint density at radius 1 is 1.25 bits per heavy atom. The summed E-state index contributed by atoms with van der Waals surface area (Å²) in [5, 5.41) is 4.61. The fourth-order valence-electron chi connectivity index (χ4n) is 2.18. The summed E-state index contributed by atoms with van der Waals surface area (Å²) in [4.78, 5) is 13.0. The smallest absolute Gasteiger partial charge is 0.115 e. The molecule has 0 saturated carbocycles. The van der Waals surface area contributed by atoms with Crippen LogP contribution in [0, 0.1) is 0 Å². The number of thiazole rings is 1. The first kappa shape index (κ1) is 13.1. The molecule has 0 aliphatic heterocycles. The highest BCUT2D eigenvalue weighted by atomic mass is 32.1. The molecule has 0 amide bonds. The van der Waals surface area contributed by atoms with E-state index in [2.05, 4.69) is 40.4 Å². The lowest BCUT2D eigenvalue weighted by molar-refractivity contribution is 0.542. The van der Waals surface area contributed by atoms with Gasteiger partial charge in [0.25, 0.3) is 0 Å². The van der Waals surface area contributed by atoms with E-state index in [9.17, 15) is 0 Å². The van der Waals surface area contributed by atoms with Crippen LogP contribution in [0.2, 0.25) is 0 Å². The van der Waals surface area contributed by atoms with Crippen molar-refractivity contribution in [3.8, 4) is 0 Å². The van der Waals surface area contributed by atoms with E-state index < -0.39 is 0 Å².